The largest absolute Gasteiger partial charge is 4.00 e. The molecule has 0 fully saturated rings. The third-order valence-electron chi connectivity index (χ3n) is 3.38. The van der Waals surface area contributed by atoms with Crippen molar-refractivity contribution in [1.82, 2.24) is 0 Å². The number of benzene rings is 3. The average Bonchev–Trinajstić information content (AvgIpc) is 2.81. The van der Waals surface area contributed by atoms with E-state index in [2.05, 4.69) is 13.8 Å². The first-order valence-electron chi connectivity index (χ1n) is 9.41. The van der Waals surface area contributed by atoms with Gasteiger partial charge in [-0.3, -0.25) is 0 Å². The van der Waals surface area contributed by atoms with Crippen LogP contribution in [0.25, 0.3) is 0 Å². The normalized spacial score (nSPS) is 8.44. The van der Waals surface area contributed by atoms with Gasteiger partial charge in [-0.25, -0.2) is 0 Å². The molecule has 0 spiro atoms. The van der Waals surface area contributed by atoms with E-state index in [-0.39, 0.29) is 38.4 Å². The van der Waals surface area contributed by atoms with Gasteiger partial charge in [0.2, 0.25) is 0 Å². The fraction of sp³-hybridized carbons (Fsp3) is 0.120. The molecule has 32 heavy (non-hydrogen) atoms. The molecule has 0 radical (unpaired) electrons. The van der Waals surface area contributed by atoms with E-state index < -0.39 is 17.9 Å². The van der Waals surface area contributed by atoms with Gasteiger partial charge >= 0.3 is 21.7 Å². The number of carbonyl (C=O) groups is 3. The number of unbranched alkanes of at least 4 members (excludes halogenated alkanes) is 1. The maximum absolute atomic E-state index is 10.1. The second-order valence-electron chi connectivity index (χ2n) is 5.81. The van der Waals surface area contributed by atoms with Crippen LogP contribution in [0.1, 0.15) is 50.8 Å². The number of hydrogen-bond acceptors (Lipinski definition) is 6. The van der Waals surface area contributed by atoms with Crippen LogP contribution in [-0.2, 0) is 21.7 Å². The van der Waals surface area contributed by atoms with Crippen molar-refractivity contribution in [3.8, 4) is 0 Å². The summed E-state index contributed by atoms with van der Waals surface area (Å²) in [4.78, 5) is 30.3. The molecule has 164 valence electrons. The van der Waals surface area contributed by atoms with Crippen molar-refractivity contribution in [2.45, 2.75) is 19.8 Å². The molecule has 0 unspecified atom stereocenters. The van der Waals surface area contributed by atoms with Crippen molar-refractivity contribution in [3.63, 3.8) is 0 Å². The first-order chi connectivity index (χ1) is 14.8. The SMILES string of the molecule is O=C([O-])c1ccccc1.O=C([O-])c1ccccc1.O=C([O-])c1ccccc1.[CH2-]CCC.[Ti+4]. The van der Waals surface area contributed by atoms with Crippen LogP contribution in [0.15, 0.2) is 91.0 Å². The molecule has 6 nitrogen and oxygen atoms in total. The molecule has 3 aromatic rings. The average molecular weight is 468 g/mol. The monoisotopic (exact) mass is 468 g/mol. The Morgan fingerprint density at radius 2 is 0.781 bits per heavy atom. The van der Waals surface area contributed by atoms with Gasteiger partial charge in [0.1, 0.15) is 0 Å². The summed E-state index contributed by atoms with van der Waals surface area (Å²) < 4.78 is 0. The third kappa shape index (κ3) is 15.6. The van der Waals surface area contributed by atoms with Gasteiger partial charge < -0.3 is 36.6 Å². The van der Waals surface area contributed by atoms with Crippen LogP contribution in [0.5, 0.6) is 0 Å². The molecule has 0 N–H and O–H groups in total. The Balaban J connectivity index is 0. The van der Waals surface area contributed by atoms with Gasteiger partial charge in [-0.15, -0.1) is 0 Å². The topological polar surface area (TPSA) is 120 Å². The van der Waals surface area contributed by atoms with Crippen LogP contribution in [0.2, 0.25) is 0 Å². The maximum Gasteiger partial charge on any atom is 4.00 e. The third-order valence-corrected chi connectivity index (χ3v) is 3.38. The minimum absolute atomic E-state index is 0. The Kier molecular flexibility index (Phi) is 19.1. The summed E-state index contributed by atoms with van der Waals surface area (Å²) in [5, 5.41) is 30.3. The molecular formula is C25H24O6Ti. The Hall–Kier alpha value is -3.22. The van der Waals surface area contributed by atoms with Gasteiger partial charge in [0.15, 0.2) is 0 Å². The zero-order valence-corrected chi connectivity index (χ0v) is 19.3. The Bertz CT molecular complexity index is 764. The molecule has 0 amide bonds. The van der Waals surface area contributed by atoms with Crippen LogP contribution in [0.4, 0.5) is 0 Å². The van der Waals surface area contributed by atoms with Gasteiger partial charge in [0, 0.05) is 0 Å². The number of rotatable bonds is 4. The fourth-order valence-corrected chi connectivity index (χ4v) is 1.72. The van der Waals surface area contributed by atoms with E-state index in [9.17, 15) is 29.7 Å². The number of hydrogen-bond donors (Lipinski definition) is 0. The molecule has 3 rings (SSSR count). The van der Waals surface area contributed by atoms with E-state index in [4.69, 9.17) is 0 Å². The minimum Gasteiger partial charge on any atom is -0.545 e. The van der Waals surface area contributed by atoms with Gasteiger partial charge in [-0.1, -0.05) is 104 Å². The van der Waals surface area contributed by atoms with Crippen LogP contribution in [-0.4, -0.2) is 17.9 Å². The minimum atomic E-state index is -1.13. The standard InChI is InChI=1S/3C7H6O2.C4H9.Ti/c3*8-7(9)6-4-2-1-3-5-6;1-3-4-2;/h3*1-5H,(H,8,9);1,3-4H2,2H3;/q;;;-1;+4/p-3. The number of carbonyl (C=O) groups excluding carboxylic acids is 3. The Morgan fingerprint density at radius 3 is 0.875 bits per heavy atom. The van der Waals surface area contributed by atoms with Crippen molar-refractivity contribution >= 4 is 17.9 Å². The van der Waals surface area contributed by atoms with Gasteiger partial charge in [0.05, 0.1) is 17.9 Å². The zero-order valence-electron chi connectivity index (χ0n) is 17.7. The van der Waals surface area contributed by atoms with Gasteiger partial charge in [-0.05, 0) is 16.7 Å². The predicted octanol–water partition coefficient (Wildman–Crippen LogP) is 1.77. The van der Waals surface area contributed by atoms with E-state index in [0.29, 0.717) is 0 Å². The van der Waals surface area contributed by atoms with Gasteiger partial charge in [0.25, 0.3) is 0 Å². The van der Waals surface area contributed by atoms with Gasteiger partial charge in [-0.2, -0.15) is 6.42 Å². The quantitative estimate of drug-likeness (QED) is 0.425. The van der Waals surface area contributed by atoms with Crippen LogP contribution >= 0.6 is 0 Å². The molecular weight excluding hydrogens is 444 g/mol. The van der Waals surface area contributed by atoms with Crippen molar-refractivity contribution < 1.29 is 51.4 Å². The van der Waals surface area contributed by atoms with Crippen molar-refractivity contribution in [1.29, 1.82) is 0 Å². The van der Waals surface area contributed by atoms with E-state index in [1.165, 1.54) is 42.8 Å². The summed E-state index contributed by atoms with van der Waals surface area (Å²) in [7, 11) is 0. The number of aromatic carboxylic acids is 3. The second-order valence-corrected chi connectivity index (χ2v) is 5.81. The molecule has 0 aliphatic heterocycles. The molecule has 0 saturated heterocycles. The Labute approximate surface area is 203 Å². The van der Waals surface area contributed by atoms with E-state index in [0.717, 1.165) is 6.42 Å². The smallest absolute Gasteiger partial charge is 0.545 e. The zero-order chi connectivity index (χ0) is 23.5. The molecule has 0 aliphatic carbocycles. The van der Waals surface area contributed by atoms with E-state index in [1.807, 2.05) is 0 Å². The molecule has 3 aromatic carbocycles. The summed E-state index contributed by atoms with van der Waals surface area (Å²) in [6, 6.07) is 24.2. The molecule has 0 aromatic heterocycles. The molecule has 0 bridgehead atoms. The van der Waals surface area contributed by atoms with Crippen LogP contribution in [0, 0.1) is 6.92 Å². The fourth-order valence-electron chi connectivity index (χ4n) is 1.72. The maximum atomic E-state index is 10.1. The summed E-state index contributed by atoms with van der Waals surface area (Å²) in [5.74, 6) is -3.39. The summed E-state index contributed by atoms with van der Waals surface area (Å²) in [6.45, 7) is 5.72. The summed E-state index contributed by atoms with van der Waals surface area (Å²) in [5.41, 5.74) is 0.660. The van der Waals surface area contributed by atoms with Crippen molar-refractivity contribution in [2.75, 3.05) is 0 Å². The molecule has 0 atom stereocenters. The second kappa shape index (κ2) is 19.7. The van der Waals surface area contributed by atoms with Crippen LogP contribution in [0.3, 0.4) is 0 Å². The number of carboxylic acid groups (broad SMARTS) is 3. The predicted molar refractivity (Wildman–Crippen MR) is 113 cm³/mol. The molecule has 7 heteroatoms. The first kappa shape index (κ1) is 31.0. The van der Waals surface area contributed by atoms with Crippen LogP contribution < -0.4 is 15.3 Å². The first-order valence-corrected chi connectivity index (χ1v) is 9.41. The Morgan fingerprint density at radius 1 is 0.594 bits per heavy atom. The van der Waals surface area contributed by atoms with Crippen molar-refractivity contribution in [2.24, 2.45) is 0 Å². The van der Waals surface area contributed by atoms with E-state index in [1.54, 1.807) is 54.6 Å². The summed E-state index contributed by atoms with van der Waals surface area (Å²) >= 11 is 0. The molecule has 0 aliphatic rings. The van der Waals surface area contributed by atoms with Crippen molar-refractivity contribution in [3.05, 3.63) is 115 Å². The van der Waals surface area contributed by atoms with E-state index >= 15 is 0 Å². The number of carboxylic acids is 3. The summed E-state index contributed by atoms with van der Waals surface area (Å²) in [6.07, 6.45) is 2.28. The molecule has 0 heterocycles. The molecule has 0 saturated carbocycles.